The molecule has 174 valence electrons. The van der Waals surface area contributed by atoms with Gasteiger partial charge in [-0.3, -0.25) is 0 Å². The van der Waals surface area contributed by atoms with Gasteiger partial charge in [-0.25, -0.2) is 13.2 Å². The van der Waals surface area contributed by atoms with Gasteiger partial charge >= 0.3 is 5.97 Å². The van der Waals surface area contributed by atoms with E-state index < -0.39 is 33.2 Å². The van der Waals surface area contributed by atoms with Crippen molar-refractivity contribution in [2.75, 3.05) is 6.54 Å². The zero-order valence-electron chi connectivity index (χ0n) is 17.8. The molecule has 33 heavy (non-hydrogen) atoms. The first kappa shape index (κ1) is 24.7. The maximum absolute atomic E-state index is 12.9. The lowest BCUT2D eigenvalue weighted by Crippen LogP contribution is -2.32. The molecule has 3 aromatic carbocycles. The van der Waals surface area contributed by atoms with Gasteiger partial charge in [0.2, 0.25) is 9.84 Å². The maximum Gasteiger partial charge on any atom is 0.339 e. The van der Waals surface area contributed by atoms with E-state index in [2.05, 4.69) is 5.32 Å². The molecule has 0 heterocycles. The smallest absolute Gasteiger partial charge is 0.339 e. The normalized spacial score (nSPS) is 13.4. The van der Waals surface area contributed by atoms with Crippen LogP contribution in [-0.4, -0.2) is 42.3 Å². The number of phenols is 1. The summed E-state index contributed by atoms with van der Waals surface area (Å²) in [4.78, 5) is 11.0. The van der Waals surface area contributed by atoms with Gasteiger partial charge in [-0.05, 0) is 66.9 Å². The molecule has 0 unspecified atom stereocenters. The zero-order valence-corrected chi connectivity index (χ0v) is 19.3. The summed E-state index contributed by atoms with van der Waals surface area (Å²) in [5, 5.41) is 32.9. The van der Waals surface area contributed by atoms with Crippen LogP contribution >= 0.6 is 11.6 Å². The van der Waals surface area contributed by atoms with Gasteiger partial charge in [0.1, 0.15) is 11.3 Å². The van der Waals surface area contributed by atoms with Crippen molar-refractivity contribution in [1.82, 2.24) is 5.32 Å². The lowest BCUT2D eigenvalue weighted by atomic mass is 10.1. The highest BCUT2D eigenvalue weighted by Gasteiger charge is 2.21. The van der Waals surface area contributed by atoms with Crippen LogP contribution < -0.4 is 5.32 Å². The van der Waals surface area contributed by atoms with Crippen molar-refractivity contribution in [1.29, 1.82) is 0 Å². The molecule has 0 aromatic heterocycles. The zero-order chi connectivity index (χ0) is 24.2. The molecular formula is C24H24ClNO6S. The molecule has 2 atom stereocenters. The molecule has 0 saturated heterocycles. The SMILES string of the molecule is C[C@H](Cc1ccc(S(=O)(=O)c2ccc(O)c(C(=O)O)c2)cc1)NC[C@H](O)c1cccc(Cl)c1. The molecule has 0 bridgehead atoms. The topological polar surface area (TPSA) is 124 Å². The molecule has 0 radical (unpaired) electrons. The van der Waals surface area contributed by atoms with E-state index in [0.29, 0.717) is 18.0 Å². The van der Waals surface area contributed by atoms with Crippen LogP contribution in [0, 0.1) is 0 Å². The number of carboxylic acid groups (broad SMARTS) is 1. The van der Waals surface area contributed by atoms with Crippen molar-refractivity contribution in [3.8, 4) is 5.75 Å². The summed E-state index contributed by atoms with van der Waals surface area (Å²) in [5.41, 5.74) is 1.13. The fraction of sp³-hybridized carbons (Fsp3) is 0.208. The molecule has 0 aliphatic heterocycles. The summed E-state index contributed by atoms with van der Waals surface area (Å²) in [6.07, 6.45) is -0.106. The first-order valence-electron chi connectivity index (χ1n) is 10.1. The van der Waals surface area contributed by atoms with Crippen LogP contribution in [0.4, 0.5) is 0 Å². The van der Waals surface area contributed by atoms with Crippen molar-refractivity contribution in [2.24, 2.45) is 0 Å². The minimum atomic E-state index is -3.95. The highest BCUT2D eigenvalue weighted by atomic mass is 35.5. The number of nitrogens with one attached hydrogen (secondary N) is 1. The third-order valence-corrected chi connectivity index (χ3v) is 7.18. The Morgan fingerprint density at radius 1 is 1.03 bits per heavy atom. The number of hydrogen-bond acceptors (Lipinski definition) is 6. The standard InChI is InChI=1S/C24H24ClNO6S/c1-15(26-14-23(28)17-3-2-4-18(25)12-17)11-16-5-7-19(8-6-16)33(31,32)20-9-10-22(27)21(13-20)24(29)30/h2-10,12-13,15,23,26-28H,11,14H2,1H3,(H,29,30)/t15-,23+/m1/s1. The predicted octanol–water partition coefficient (Wildman–Crippen LogP) is 3.83. The lowest BCUT2D eigenvalue weighted by molar-refractivity contribution is 0.0693. The minimum Gasteiger partial charge on any atom is -0.507 e. The predicted molar refractivity (Wildman–Crippen MR) is 125 cm³/mol. The molecule has 0 saturated carbocycles. The lowest BCUT2D eigenvalue weighted by Gasteiger charge is -2.18. The number of carboxylic acids is 1. The van der Waals surface area contributed by atoms with E-state index in [4.69, 9.17) is 16.7 Å². The number of aromatic carboxylic acids is 1. The summed E-state index contributed by atoms with van der Waals surface area (Å²) >= 11 is 5.96. The van der Waals surface area contributed by atoms with Crippen LogP contribution in [0.3, 0.4) is 0 Å². The number of sulfone groups is 1. The number of benzene rings is 3. The Labute approximate surface area is 197 Å². The van der Waals surface area contributed by atoms with E-state index in [1.54, 1.807) is 36.4 Å². The molecule has 9 heteroatoms. The van der Waals surface area contributed by atoms with Crippen molar-refractivity contribution >= 4 is 27.4 Å². The Morgan fingerprint density at radius 2 is 1.70 bits per heavy atom. The van der Waals surface area contributed by atoms with E-state index in [1.165, 1.54) is 18.2 Å². The summed E-state index contributed by atoms with van der Waals surface area (Å²) in [7, 11) is -3.95. The highest BCUT2D eigenvalue weighted by Crippen LogP contribution is 2.26. The van der Waals surface area contributed by atoms with Crippen molar-refractivity contribution in [3.63, 3.8) is 0 Å². The number of carbonyl (C=O) groups is 1. The molecule has 3 aromatic rings. The van der Waals surface area contributed by atoms with Gasteiger partial charge < -0.3 is 20.6 Å². The van der Waals surface area contributed by atoms with Gasteiger partial charge in [0, 0.05) is 17.6 Å². The molecule has 7 nitrogen and oxygen atoms in total. The van der Waals surface area contributed by atoms with Gasteiger partial charge in [0.25, 0.3) is 0 Å². The third-order valence-electron chi connectivity index (χ3n) is 5.18. The van der Waals surface area contributed by atoms with Gasteiger partial charge in [0.05, 0.1) is 15.9 Å². The first-order chi connectivity index (χ1) is 15.6. The van der Waals surface area contributed by atoms with Crippen LogP contribution in [0.5, 0.6) is 5.75 Å². The number of rotatable bonds is 9. The van der Waals surface area contributed by atoms with Crippen LogP contribution in [0.1, 0.15) is 34.5 Å². The number of hydrogen-bond donors (Lipinski definition) is 4. The average Bonchev–Trinajstić information content (AvgIpc) is 2.77. The second kappa shape index (κ2) is 10.4. The van der Waals surface area contributed by atoms with Crippen molar-refractivity contribution in [2.45, 2.75) is 35.3 Å². The van der Waals surface area contributed by atoms with Crippen molar-refractivity contribution in [3.05, 3.63) is 88.4 Å². The Hall–Kier alpha value is -2.91. The second-order valence-corrected chi connectivity index (χ2v) is 10.1. The monoisotopic (exact) mass is 489 g/mol. The number of aliphatic hydroxyl groups is 1. The Morgan fingerprint density at radius 3 is 2.33 bits per heavy atom. The van der Waals surface area contributed by atoms with Gasteiger partial charge in [-0.1, -0.05) is 35.9 Å². The Balaban J connectivity index is 1.65. The molecule has 0 aliphatic rings. The first-order valence-corrected chi connectivity index (χ1v) is 12.0. The number of halogens is 1. The third kappa shape index (κ3) is 6.11. The minimum absolute atomic E-state index is 0.0107. The molecule has 0 spiro atoms. The summed E-state index contributed by atoms with van der Waals surface area (Å²) in [6.45, 7) is 2.29. The van der Waals surface area contributed by atoms with Gasteiger partial charge in [0.15, 0.2) is 0 Å². The fourth-order valence-corrected chi connectivity index (χ4v) is 4.85. The Kier molecular flexibility index (Phi) is 7.76. The molecule has 4 N–H and O–H groups in total. The average molecular weight is 490 g/mol. The molecule has 0 amide bonds. The van der Waals surface area contributed by atoms with E-state index in [-0.39, 0.29) is 15.8 Å². The second-order valence-electron chi connectivity index (χ2n) is 7.72. The highest BCUT2D eigenvalue weighted by molar-refractivity contribution is 7.91. The van der Waals surface area contributed by atoms with Crippen LogP contribution in [-0.2, 0) is 16.3 Å². The number of aromatic hydroxyl groups is 1. The van der Waals surface area contributed by atoms with E-state index in [0.717, 1.165) is 23.3 Å². The van der Waals surface area contributed by atoms with E-state index in [9.17, 15) is 23.4 Å². The number of aliphatic hydroxyl groups excluding tert-OH is 1. The maximum atomic E-state index is 12.9. The molecule has 3 rings (SSSR count). The summed E-state index contributed by atoms with van der Waals surface area (Å²) in [6, 6.07) is 16.5. The van der Waals surface area contributed by atoms with E-state index in [1.807, 2.05) is 6.92 Å². The largest absolute Gasteiger partial charge is 0.507 e. The Bertz CT molecular complexity index is 1240. The molecule has 0 fully saturated rings. The molecular weight excluding hydrogens is 466 g/mol. The quantitative estimate of drug-likeness (QED) is 0.360. The van der Waals surface area contributed by atoms with Gasteiger partial charge in [-0.15, -0.1) is 0 Å². The van der Waals surface area contributed by atoms with Crippen LogP contribution in [0.2, 0.25) is 5.02 Å². The van der Waals surface area contributed by atoms with Crippen LogP contribution in [0.15, 0.2) is 76.5 Å². The van der Waals surface area contributed by atoms with Crippen molar-refractivity contribution < 1.29 is 28.5 Å². The van der Waals surface area contributed by atoms with E-state index >= 15 is 0 Å². The molecule has 0 aliphatic carbocycles. The van der Waals surface area contributed by atoms with Gasteiger partial charge in [-0.2, -0.15) is 0 Å². The summed E-state index contributed by atoms with van der Waals surface area (Å²) < 4.78 is 25.7. The fourth-order valence-electron chi connectivity index (χ4n) is 3.36. The van der Waals surface area contributed by atoms with Crippen LogP contribution in [0.25, 0.3) is 0 Å². The summed E-state index contributed by atoms with van der Waals surface area (Å²) in [5.74, 6) is -1.92.